The summed E-state index contributed by atoms with van der Waals surface area (Å²) in [5.41, 5.74) is 0. The molecule has 0 amide bonds. The Kier molecular flexibility index (Phi) is 4.35. The van der Waals surface area contributed by atoms with Crippen LogP contribution in [0.2, 0.25) is 0 Å². The summed E-state index contributed by atoms with van der Waals surface area (Å²) in [5.74, 6) is 2.31. The van der Waals surface area contributed by atoms with Gasteiger partial charge in [-0.05, 0) is 38.1 Å². The summed E-state index contributed by atoms with van der Waals surface area (Å²) in [4.78, 5) is 10.7. The highest BCUT2D eigenvalue weighted by Gasteiger charge is 2.25. The summed E-state index contributed by atoms with van der Waals surface area (Å²) in [5, 5.41) is 3.35. The Labute approximate surface area is 124 Å². The average molecular weight is 288 g/mol. The number of ether oxygens (including phenoxy) is 1. The number of nitrogens with zero attached hydrogens (tertiary/aromatic N) is 3. The lowest BCUT2D eigenvalue weighted by molar-refractivity contribution is 0.225. The van der Waals surface area contributed by atoms with Crippen LogP contribution in [-0.4, -0.2) is 41.6 Å². The molecule has 1 fully saturated rings. The zero-order valence-electron chi connectivity index (χ0n) is 12.2. The maximum absolute atomic E-state index is 5.60. The number of furan rings is 1. The first kappa shape index (κ1) is 13.9. The molecule has 2 aromatic heterocycles. The molecule has 2 aromatic rings. The molecule has 0 aliphatic carbocycles. The van der Waals surface area contributed by atoms with Gasteiger partial charge in [0.25, 0.3) is 0 Å². The minimum absolute atomic E-state index is 0.225. The number of anilines is 1. The highest BCUT2D eigenvalue weighted by atomic mass is 16.5. The second-order valence-electron chi connectivity index (χ2n) is 5.10. The zero-order chi connectivity index (χ0) is 14.5. The molecular weight excluding hydrogens is 268 g/mol. The van der Waals surface area contributed by atoms with Crippen molar-refractivity contribution in [1.82, 2.24) is 14.9 Å². The summed E-state index contributed by atoms with van der Waals surface area (Å²) < 4.78 is 10.7. The summed E-state index contributed by atoms with van der Waals surface area (Å²) in [6, 6.07) is 5.99. The van der Waals surface area contributed by atoms with Crippen molar-refractivity contribution in [2.45, 2.75) is 18.9 Å². The number of hydrogen-bond acceptors (Lipinski definition) is 6. The standard InChI is InChI=1S/C15H20N4O2/c1-20-15-9-14(17-11-18-15)16-10-12(13-5-4-8-21-13)19-6-2-3-7-19/h4-5,8-9,11-12H,2-3,6-7,10H2,1H3,(H,16,17,18)/t12-/m0/s1. The molecule has 112 valence electrons. The quantitative estimate of drug-likeness (QED) is 0.880. The van der Waals surface area contributed by atoms with E-state index in [-0.39, 0.29) is 6.04 Å². The van der Waals surface area contributed by atoms with E-state index in [1.54, 1.807) is 19.4 Å². The molecule has 1 atom stereocenters. The Bertz CT molecular complexity index is 553. The molecule has 0 aromatic carbocycles. The van der Waals surface area contributed by atoms with Gasteiger partial charge >= 0.3 is 0 Å². The van der Waals surface area contributed by atoms with Crippen LogP contribution in [0.4, 0.5) is 5.82 Å². The third-order valence-electron chi connectivity index (χ3n) is 3.78. The lowest BCUT2D eigenvalue weighted by Gasteiger charge is -2.26. The topological polar surface area (TPSA) is 63.4 Å². The molecule has 1 N–H and O–H groups in total. The van der Waals surface area contributed by atoms with Gasteiger partial charge in [0.2, 0.25) is 5.88 Å². The van der Waals surface area contributed by atoms with Crippen molar-refractivity contribution in [1.29, 1.82) is 0 Å². The molecule has 6 heteroatoms. The van der Waals surface area contributed by atoms with Gasteiger partial charge in [-0.15, -0.1) is 0 Å². The monoisotopic (exact) mass is 288 g/mol. The van der Waals surface area contributed by atoms with Crippen LogP contribution in [0.3, 0.4) is 0 Å². The van der Waals surface area contributed by atoms with Crippen molar-refractivity contribution in [2.75, 3.05) is 32.1 Å². The van der Waals surface area contributed by atoms with Crippen molar-refractivity contribution in [2.24, 2.45) is 0 Å². The smallest absolute Gasteiger partial charge is 0.218 e. The van der Waals surface area contributed by atoms with Gasteiger partial charge in [-0.3, -0.25) is 4.90 Å². The van der Waals surface area contributed by atoms with Crippen molar-refractivity contribution >= 4 is 5.82 Å². The maximum atomic E-state index is 5.60. The number of nitrogens with one attached hydrogen (secondary N) is 1. The van der Waals surface area contributed by atoms with E-state index in [1.807, 2.05) is 12.1 Å². The Balaban J connectivity index is 1.69. The third-order valence-corrected chi connectivity index (χ3v) is 3.78. The van der Waals surface area contributed by atoms with Gasteiger partial charge in [0, 0.05) is 12.6 Å². The number of methoxy groups -OCH3 is 1. The number of rotatable bonds is 6. The van der Waals surface area contributed by atoms with Crippen LogP contribution in [0, 0.1) is 0 Å². The van der Waals surface area contributed by atoms with Gasteiger partial charge in [-0.2, -0.15) is 0 Å². The number of likely N-dealkylation sites (tertiary alicyclic amines) is 1. The maximum Gasteiger partial charge on any atom is 0.218 e. The molecule has 0 spiro atoms. The average Bonchev–Trinajstić information content (AvgIpc) is 3.21. The Hall–Kier alpha value is -2.08. The fourth-order valence-corrected chi connectivity index (χ4v) is 2.69. The van der Waals surface area contributed by atoms with Crippen LogP contribution >= 0.6 is 0 Å². The summed E-state index contributed by atoms with van der Waals surface area (Å²) in [6.45, 7) is 2.97. The normalized spacial score (nSPS) is 16.8. The van der Waals surface area contributed by atoms with Crippen LogP contribution in [0.15, 0.2) is 35.2 Å². The van der Waals surface area contributed by atoms with Crippen molar-refractivity contribution in [3.63, 3.8) is 0 Å². The molecule has 6 nitrogen and oxygen atoms in total. The number of aromatic nitrogens is 2. The first-order valence-electron chi connectivity index (χ1n) is 7.24. The molecule has 1 aliphatic rings. The molecule has 0 radical (unpaired) electrons. The van der Waals surface area contributed by atoms with Crippen LogP contribution < -0.4 is 10.1 Å². The molecule has 21 heavy (non-hydrogen) atoms. The first-order valence-corrected chi connectivity index (χ1v) is 7.24. The molecule has 0 bridgehead atoms. The van der Waals surface area contributed by atoms with Crippen LogP contribution in [0.1, 0.15) is 24.6 Å². The second kappa shape index (κ2) is 6.58. The van der Waals surface area contributed by atoms with Crippen LogP contribution in [-0.2, 0) is 0 Å². The van der Waals surface area contributed by atoms with Crippen molar-refractivity contribution in [3.8, 4) is 5.88 Å². The van der Waals surface area contributed by atoms with Crippen molar-refractivity contribution in [3.05, 3.63) is 36.5 Å². The Morgan fingerprint density at radius 3 is 2.95 bits per heavy atom. The SMILES string of the molecule is COc1cc(NC[C@@H](c2ccco2)N2CCCC2)ncn1. The predicted octanol–water partition coefficient (Wildman–Crippen LogP) is 2.33. The fraction of sp³-hybridized carbons (Fsp3) is 0.467. The van der Waals surface area contributed by atoms with Gasteiger partial charge in [-0.25, -0.2) is 9.97 Å². The van der Waals surface area contributed by atoms with Crippen LogP contribution in [0.25, 0.3) is 0 Å². The summed E-state index contributed by atoms with van der Waals surface area (Å²) in [7, 11) is 1.60. The van der Waals surface area contributed by atoms with E-state index >= 15 is 0 Å². The van der Waals surface area contributed by atoms with Gasteiger partial charge < -0.3 is 14.5 Å². The molecule has 1 saturated heterocycles. The first-order chi connectivity index (χ1) is 10.4. The van der Waals surface area contributed by atoms with E-state index < -0.39 is 0 Å². The van der Waals surface area contributed by atoms with Gasteiger partial charge in [-0.1, -0.05) is 0 Å². The van der Waals surface area contributed by atoms with E-state index in [0.717, 1.165) is 31.2 Å². The fourth-order valence-electron chi connectivity index (χ4n) is 2.69. The minimum atomic E-state index is 0.225. The zero-order valence-corrected chi connectivity index (χ0v) is 12.2. The Morgan fingerprint density at radius 1 is 1.38 bits per heavy atom. The molecule has 3 heterocycles. The van der Waals surface area contributed by atoms with Gasteiger partial charge in [0.05, 0.1) is 19.4 Å². The molecule has 1 aliphatic heterocycles. The predicted molar refractivity (Wildman–Crippen MR) is 79.3 cm³/mol. The highest BCUT2D eigenvalue weighted by Crippen LogP contribution is 2.26. The van der Waals surface area contributed by atoms with E-state index in [1.165, 1.54) is 19.2 Å². The van der Waals surface area contributed by atoms with E-state index in [9.17, 15) is 0 Å². The lowest BCUT2D eigenvalue weighted by atomic mass is 10.2. The minimum Gasteiger partial charge on any atom is -0.481 e. The molecule has 0 saturated carbocycles. The summed E-state index contributed by atoms with van der Waals surface area (Å²) >= 11 is 0. The Morgan fingerprint density at radius 2 is 2.24 bits per heavy atom. The van der Waals surface area contributed by atoms with E-state index in [4.69, 9.17) is 9.15 Å². The van der Waals surface area contributed by atoms with Gasteiger partial charge in [0.1, 0.15) is 17.9 Å². The van der Waals surface area contributed by atoms with E-state index in [2.05, 4.69) is 20.2 Å². The highest BCUT2D eigenvalue weighted by molar-refractivity contribution is 5.37. The summed E-state index contributed by atoms with van der Waals surface area (Å²) in [6.07, 6.45) is 5.72. The van der Waals surface area contributed by atoms with Gasteiger partial charge in [0.15, 0.2) is 0 Å². The van der Waals surface area contributed by atoms with E-state index in [0.29, 0.717) is 5.88 Å². The largest absolute Gasteiger partial charge is 0.481 e. The lowest BCUT2D eigenvalue weighted by Crippen LogP contribution is -2.30. The third kappa shape index (κ3) is 3.33. The molecular formula is C15H20N4O2. The molecule has 0 unspecified atom stereocenters. The van der Waals surface area contributed by atoms with Crippen molar-refractivity contribution < 1.29 is 9.15 Å². The second-order valence-corrected chi connectivity index (χ2v) is 5.10. The van der Waals surface area contributed by atoms with Crippen LogP contribution in [0.5, 0.6) is 5.88 Å². The number of hydrogen-bond donors (Lipinski definition) is 1. The molecule has 3 rings (SSSR count).